The highest BCUT2D eigenvalue weighted by molar-refractivity contribution is 7.80. The van der Waals surface area contributed by atoms with Gasteiger partial charge in [-0.25, -0.2) is 4.79 Å². The largest absolute Gasteiger partial charge is 0.465 e. The summed E-state index contributed by atoms with van der Waals surface area (Å²) in [5, 5.41) is 10.3. The molecule has 2 unspecified atom stereocenters. The first-order valence-electron chi connectivity index (χ1n) is 7.85. The third-order valence-electron chi connectivity index (χ3n) is 4.26. The van der Waals surface area contributed by atoms with Crippen LogP contribution in [0.15, 0.2) is 60.4 Å². The van der Waals surface area contributed by atoms with Crippen LogP contribution in [0.2, 0.25) is 0 Å². The molecule has 0 aliphatic carbocycles. The summed E-state index contributed by atoms with van der Waals surface area (Å²) in [4.78, 5) is 24.5. The lowest BCUT2D eigenvalue weighted by Gasteiger charge is -2.29. The Morgan fingerprint density at radius 2 is 1.88 bits per heavy atom. The minimum atomic E-state index is -0.625. The molecule has 1 aliphatic rings. The van der Waals surface area contributed by atoms with Crippen LogP contribution in [-0.4, -0.2) is 29.8 Å². The van der Waals surface area contributed by atoms with E-state index in [2.05, 4.69) is 11.2 Å². The predicted octanol–water partition coefficient (Wildman–Crippen LogP) is 1.72. The van der Waals surface area contributed by atoms with Gasteiger partial charge in [0.2, 0.25) is 6.04 Å². The minimum absolute atomic E-state index is 0.194. The lowest BCUT2D eigenvalue weighted by molar-refractivity contribution is -0.711. The summed E-state index contributed by atoms with van der Waals surface area (Å²) in [6.45, 7) is 0. The third-order valence-corrected chi connectivity index (χ3v) is 4.58. The molecule has 130 valence electrons. The number of hydrogen-bond donors (Lipinski definition) is 2. The Balaban J connectivity index is 2.11. The number of carbonyl (C=O) groups is 2. The van der Waals surface area contributed by atoms with Crippen molar-refractivity contribution in [3.05, 3.63) is 71.6 Å². The number of thiocarbonyl (C=S) groups is 1. The van der Waals surface area contributed by atoms with Gasteiger partial charge in [-0.15, -0.1) is 0 Å². The van der Waals surface area contributed by atoms with Crippen LogP contribution in [0.3, 0.4) is 0 Å². The van der Waals surface area contributed by atoms with Crippen molar-refractivity contribution in [1.29, 1.82) is 5.41 Å². The molecular formula is C19H16N3O3S+. The highest BCUT2D eigenvalue weighted by atomic mass is 32.1. The standard InChI is InChI=1S/C19H15N3O3S/c1-25-19(24)13-7-5-12(6-8-13)15-14(11-20)18(26)21-17(23)16(15)22-9-3-2-4-10-22/h2-10,15-16,20H,1H3/p+1. The molecule has 1 amide bonds. The Kier molecular flexibility index (Phi) is 5.02. The molecule has 1 saturated heterocycles. The number of nitrogens with zero attached hydrogens (tertiary/aromatic N) is 1. The Morgan fingerprint density at radius 3 is 2.46 bits per heavy atom. The van der Waals surface area contributed by atoms with Gasteiger partial charge in [-0.2, -0.15) is 4.57 Å². The second-order valence-corrected chi connectivity index (χ2v) is 6.12. The SMILES string of the molecule is COC(=O)c1ccc(C2C(=C=N)C(=S)NC(=O)C2[n+]2ccccc2)cc1. The highest BCUT2D eigenvalue weighted by Crippen LogP contribution is 2.35. The van der Waals surface area contributed by atoms with E-state index in [0.29, 0.717) is 11.1 Å². The summed E-state index contributed by atoms with van der Waals surface area (Å²) in [6.07, 6.45) is 3.58. The number of pyridine rings is 1. The first-order chi connectivity index (χ1) is 12.6. The van der Waals surface area contributed by atoms with Gasteiger partial charge in [0.25, 0.3) is 5.91 Å². The summed E-state index contributed by atoms with van der Waals surface area (Å²) in [6, 6.07) is 11.6. The molecule has 0 bridgehead atoms. The summed E-state index contributed by atoms with van der Waals surface area (Å²) in [5.74, 6) is 1.19. The summed E-state index contributed by atoms with van der Waals surface area (Å²) >= 11 is 5.23. The maximum atomic E-state index is 12.7. The van der Waals surface area contributed by atoms with Crippen molar-refractivity contribution >= 4 is 35.0 Å². The second kappa shape index (κ2) is 7.39. The fourth-order valence-corrected chi connectivity index (χ4v) is 3.32. The van der Waals surface area contributed by atoms with E-state index in [-0.39, 0.29) is 10.9 Å². The Labute approximate surface area is 155 Å². The first kappa shape index (κ1) is 17.7. The smallest absolute Gasteiger partial charge is 0.337 e. The van der Waals surface area contributed by atoms with Gasteiger partial charge in [0.15, 0.2) is 12.4 Å². The predicted molar refractivity (Wildman–Crippen MR) is 98.2 cm³/mol. The fourth-order valence-electron chi connectivity index (χ4n) is 3.04. The molecule has 0 saturated carbocycles. The third kappa shape index (κ3) is 3.18. The van der Waals surface area contributed by atoms with E-state index < -0.39 is 17.9 Å². The van der Waals surface area contributed by atoms with Crippen LogP contribution in [0.5, 0.6) is 0 Å². The van der Waals surface area contributed by atoms with Gasteiger partial charge in [0, 0.05) is 12.1 Å². The van der Waals surface area contributed by atoms with Gasteiger partial charge in [-0.3, -0.25) is 10.2 Å². The molecule has 26 heavy (non-hydrogen) atoms. The average molecular weight is 366 g/mol. The van der Waals surface area contributed by atoms with Crippen molar-refractivity contribution in [2.45, 2.75) is 12.0 Å². The lowest BCUT2D eigenvalue weighted by atomic mass is 9.81. The van der Waals surface area contributed by atoms with Gasteiger partial charge in [-0.05, 0) is 23.6 Å². The van der Waals surface area contributed by atoms with E-state index >= 15 is 0 Å². The molecule has 2 heterocycles. The van der Waals surface area contributed by atoms with Gasteiger partial charge >= 0.3 is 5.97 Å². The molecule has 2 N–H and O–H groups in total. The fraction of sp³-hybridized carbons (Fsp3) is 0.158. The molecule has 0 spiro atoms. The molecule has 0 radical (unpaired) electrons. The molecule has 2 atom stereocenters. The number of hydrogen-bond acceptors (Lipinski definition) is 5. The van der Waals surface area contributed by atoms with Crippen molar-refractivity contribution in [3.8, 4) is 0 Å². The summed E-state index contributed by atoms with van der Waals surface area (Å²) < 4.78 is 6.48. The van der Waals surface area contributed by atoms with Crippen LogP contribution in [0, 0.1) is 5.41 Å². The quantitative estimate of drug-likeness (QED) is 0.285. The van der Waals surface area contributed by atoms with Crippen molar-refractivity contribution in [1.82, 2.24) is 5.32 Å². The number of esters is 1. The van der Waals surface area contributed by atoms with Gasteiger partial charge in [0.1, 0.15) is 4.99 Å². The van der Waals surface area contributed by atoms with Gasteiger partial charge in [-0.1, -0.05) is 30.4 Å². The number of amides is 1. The number of aromatic nitrogens is 1. The Hall–Kier alpha value is -3.15. The first-order valence-corrected chi connectivity index (χ1v) is 8.26. The van der Waals surface area contributed by atoms with E-state index in [4.69, 9.17) is 22.4 Å². The number of carbonyl (C=O) groups excluding carboxylic acids is 2. The number of benzene rings is 1. The average Bonchev–Trinajstić information content (AvgIpc) is 2.67. The molecule has 3 rings (SSSR count). The van der Waals surface area contributed by atoms with Crippen LogP contribution in [-0.2, 0) is 9.53 Å². The topological polar surface area (TPSA) is 83.1 Å². The summed E-state index contributed by atoms with van der Waals surface area (Å²) in [7, 11) is 1.32. The Bertz CT molecular complexity index is 919. The van der Waals surface area contributed by atoms with E-state index in [1.165, 1.54) is 7.11 Å². The van der Waals surface area contributed by atoms with Crippen molar-refractivity contribution in [2.75, 3.05) is 7.11 Å². The zero-order chi connectivity index (χ0) is 18.7. The molecular weight excluding hydrogens is 350 g/mol. The van der Waals surface area contributed by atoms with Gasteiger partial charge < -0.3 is 10.1 Å². The van der Waals surface area contributed by atoms with Gasteiger partial charge in [0.05, 0.1) is 24.2 Å². The highest BCUT2D eigenvalue weighted by Gasteiger charge is 2.45. The monoisotopic (exact) mass is 366 g/mol. The lowest BCUT2D eigenvalue weighted by Crippen LogP contribution is -2.56. The van der Waals surface area contributed by atoms with Crippen LogP contribution in [0.25, 0.3) is 0 Å². The zero-order valence-electron chi connectivity index (χ0n) is 13.9. The van der Waals surface area contributed by atoms with Crippen molar-refractivity contribution in [3.63, 3.8) is 0 Å². The molecule has 1 aromatic heterocycles. The van der Waals surface area contributed by atoms with Crippen LogP contribution in [0.1, 0.15) is 27.9 Å². The molecule has 7 heteroatoms. The number of methoxy groups -OCH3 is 1. The zero-order valence-corrected chi connectivity index (χ0v) is 14.7. The maximum Gasteiger partial charge on any atom is 0.337 e. The number of rotatable bonds is 3. The molecule has 2 aromatic rings. The number of piperidine rings is 1. The van der Waals surface area contributed by atoms with E-state index in [9.17, 15) is 9.59 Å². The molecule has 6 nitrogen and oxygen atoms in total. The van der Waals surface area contributed by atoms with E-state index in [1.807, 2.05) is 18.2 Å². The van der Waals surface area contributed by atoms with E-state index in [0.717, 1.165) is 5.56 Å². The van der Waals surface area contributed by atoms with Crippen molar-refractivity contribution < 1.29 is 18.9 Å². The normalized spacial score (nSPS) is 19.5. The molecule has 1 aromatic carbocycles. The second-order valence-electron chi connectivity index (χ2n) is 5.72. The minimum Gasteiger partial charge on any atom is -0.465 e. The number of ether oxygens (including phenoxy) is 1. The number of nitrogens with one attached hydrogen (secondary N) is 2. The van der Waals surface area contributed by atoms with Crippen molar-refractivity contribution in [2.24, 2.45) is 0 Å². The molecule has 1 fully saturated rings. The van der Waals surface area contributed by atoms with E-state index in [1.54, 1.807) is 41.2 Å². The molecule has 1 aliphatic heterocycles. The van der Waals surface area contributed by atoms with Crippen LogP contribution >= 0.6 is 12.2 Å². The maximum absolute atomic E-state index is 12.7. The van der Waals surface area contributed by atoms with Crippen LogP contribution < -0.4 is 9.88 Å². The summed E-state index contributed by atoms with van der Waals surface area (Å²) in [5.41, 5.74) is 1.58. The van der Waals surface area contributed by atoms with Crippen LogP contribution in [0.4, 0.5) is 0 Å². The Morgan fingerprint density at radius 1 is 1.23 bits per heavy atom.